The van der Waals surface area contributed by atoms with E-state index < -0.39 is 15.6 Å². The molecule has 0 saturated carbocycles. The van der Waals surface area contributed by atoms with Crippen LogP contribution in [0, 0.1) is 11.3 Å². The molecule has 0 N–H and O–H groups in total. The Morgan fingerprint density at radius 3 is 0.870 bits per heavy atom. The number of nitriles is 1. The van der Waals surface area contributed by atoms with Gasteiger partial charge in [-0.2, -0.15) is 10.1 Å². The van der Waals surface area contributed by atoms with Gasteiger partial charge in [-0.15, -0.1) is 10.2 Å². The van der Waals surface area contributed by atoms with Gasteiger partial charge in [0.2, 0.25) is 5.82 Å². The molecule has 0 fully saturated rings. The van der Waals surface area contributed by atoms with Crippen LogP contribution in [-0.4, -0.2) is 45.1 Å². The van der Waals surface area contributed by atoms with Gasteiger partial charge in [-0.25, -0.2) is 0 Å². The largest absolute Gasteiger partial charge is 2.00 e. The smallest absolute Gasteiger partial charge is 0.255 e. The molecule has 294 valence electrons. The van der Waals surface area contributed by atoms with Crippen molar-refractivity contribution in [2.24, 2.45) is 7.05 Å². The number of tetrazole rings is 1. The van der Waals surface area contributed by atoms with Crippen LogP contribution >= 0.6 is 15.6 Å². The maximum Gasteiger partial charge on any atom is 2.00 e. The van der Waals surface area contributed by atoms with Gasteiger partial charge in [0.25, 0.3) is 0 Å². The number of pyridine rings is 5. The van der Waals surface area contributed by atoms with E-state index in [4.69, 9.17) is 5.26 Å². The van der Waals surface area contributed by atoms with Crippen molar-refractivity contribution in [1.29, 1.82) is 5.26 Å². The maximum absolute atomic E-state index is 10.7. The third-order valence-electron chi connectivity index (χ3n) is 4.59. The minimum Gasteiger partial charge on any atom is -0.255 e. The molecule has 0 aliphatic heterocycles. The first kappa shape index (κ1) is 49.0. The summed E-state index contributed by atoms with van der Waals surface area (Å²) in [7, 11) is -19.6. The molecule has 0 radical (unpaired) electrons. The van der Waals surface area contributed by atoms with Crippen LogP contribution in [0.25, 0.3) is 34.3 Å². The van der Waals surface area contributed by atoms with Gasteiger partial charge in [0.1, 0.15) is 5.69 Å². The predicted octanol–water partition coefficient (Wildman–Crippen LogP) is 11.9. The van der Waals surface area contributed by atoms with Gasteiger partial charge in [0.15, 0.2) is 0 Å². The Kier molecular flexibility index (Phi) is 17.1. The zero-order chi connectivity index (χ0) is 40.4. The van der Waals surface area contributed by atoms with E-state index in [-0.39, 0.29) is 19.5 Å². The van der Waals surface area contributed by atoms with E-state index in [1.54, 1.807) is 44.1 Å². The fourth-order valence-electron chi connectivity index (χ4n) is 2.94. The van der Waals surface area contributed by atoms with Crippen molar-refractivity contribution in [3.8, 4) is 40.4 Å². The van der Waals surface area contributed by atoms with E-state index >= 15 is 0 Å². The molecule has 6 aromatic heterocycles. The summed E-state index contributed by atoms with van der Waals surface area (Å²) in [6.07, 6.45) is 8.77. The molecule has 0 atom stereocenters. The molecule has 54 heavy (non-hydrogen) atoms. The molecule has 10 nitrogen and oxygen atoms in total. The number of aryl methyl sites for hydroxylation is 1. The van der Waals surface area contributed by atoms with Crippen LogP contribution in [0.4, 0.5) is 50.4 Å². The second-order valence-electron chi connectivity index (χ2n) is 9.32. The minimum atomic E-state index is -10.7. The normalized spacial score (nSPS) is 12.7. The molecular weight excluding hydrogens is 879 g/mol. The number of rotatable bonds is 3. The molecule has 6 aromatic rings. The standard InChI is InChI=1S/2C10H8N2.C7H7N5.C2H3N.2F6P.Ru/c2*1-3-7-11-9(5-1)10-6-2-4-8-12-10;1-12-10-7(9-11-12)6-4-2-3-5-8-6;1-2-3;2*1-7(2,3,4,5)6;/h2*1-8H;2-5H,1H3;1H3;;;/q;;;;2*-1;+2. The fourth-order valence-corrected chi connectivity index (χ4v) is 2.94. The molecule has 0 saturated heterocycles. The van der Waals surface area contributed by atoms with E-state index in [2.05, 4.69) is 40.3 Å². The molecular formula is C29H26F12N10P2Ru. The van der Waals surface area contributed by atoms with Crippen molar-refractivity contribution < 1.29 is 69.8 Å². The summed E-state index contributed by atoms with van der Waals surface area (Å²) in [4.78, 5) is 22.2. The van der Waals surface area contributed by atoms with Crippen LogP contribution in [0.2, 0.25) is 0 Å². The van der Waals surface area contributed by atoms with Gasteiger partial charge in [0, 0.05) is 37.9 Å². The molecule has 0 spiro atoms. The summed E-state index contributed by atoms with van der Waals surface area (Å²) in [6, 6.07) is 30.5. The average Bonchev–Trinajstić information content (AvgIpc) is 3.51. The van der Waals surface area contributed by atoms with Crippen molar-refractivity contribution in [2.45, 2.75) is 6.92 Å². The monoisotopic (exact) mass is 906 g/mol. The zero-order valence-corrected chi connectivity index (χ0v) is 30.8. The van der Waals surface area contributed by atoms with E-state index in [0.717, 1.165) is 28.5 Å². The van der Waals surface area contributed by atoms with Crippen molar-refractivity contribution in [3.05, 3.63) is 122 Å². The van der Waals surface area contributed by atoms with Crippen LogP contribution in [0.5, 0.6) is 0 Å². The third kappa shape index (κ3) is 31.7. The van der Waals surface area contributed by atoms with Crippen LogP contribution < -0.4 is 0 Å². The zero-order valence-electron chi connectivity index (χ0n) is 27.3. The summed E-state index contributed by atoms with van der Waals surface area (Å²) < 4.78 is 118. The second-order valence-corrected chi connectivity index (χ2v) is 13.2. The molecule has 0 bridgehead atoms. The number of halogens is 12. The Morgan fingerprint density at radius 1 is 0.481 bits per heavy atom. The van der Waals surface area contributed by atoms with Crippen LogP contribution in [0.15, 0.2) is 122 Å². The number of nitrogens with zero attached hydrogens (tertiary/aromatic N) is 10. The molecule has 0 aromatic carbocycles. The third-order valence-corrected chi connectivity index (χ3v) is 4.59. The quantitative estimate of drug-likeness (QED) is 0.0967. The molecule has 0 amide bonds. The first-order valence-electron chi connectivity index (χ1n) is 13.8. The summed E-state index contributed by atoms with van der Waals surface area (Å²) in [5, 5.41) is 18.9. The Bertz CT molecular complexity index is 1780. The summed E-state index contributed by atoms with van der Waals surface area (Å²) in [5.41, 5.74) is 4.40. The van der Waals surface area contributed by atoms with E-state index in [9.17, 15) is 50.4 Å². The SMILES string of the molecule is CC#N.Cn1nnc(-c2ccccn2)n1.F[P-](F)(F)(F)(F)F.F[P-](F)(F)(F)(F)F.[Ru+2].c1ccc(-c2ccccn2)nc1.c1ccc(-c2ccccn2)nc1. The van der Waals surface area contributed by atoms with Gasteiger partial charge in [0.05, 0.1) is 35.9 Å². The molecule has 0 aliphatic carbocycles. The second kappa shape index (κ2) is 18.8. The summed E-state index contributed by atoms with van der Waals surface area (Å²) >= 11 is 0. The maximum atomic E-state index is 9.87. The van der Waals surface area contributed by atoms with Crippen molar-refractivity contribution in [3.63, 3.8) is 0 Å². The number of hydrogen-bond acceptors (Lipinski definition) is 9. The summed E-state index contributed by atoms with van der Waals surface area (Å²) in [6.45, 7) is 1.43. The Hall–Kier alpha value is -5.05. The Morgan fingerprint density at radius 2 is 0.704 bits per heavy atom. The van der Waals surface area contributed by atoms with Crippen LogP contribution in [0.3, 0.4) is 0 Å². The van der Waals surface area contributed by atoms with Gasteiger partial charge >= 0.3 is 85.5 Å². The molecule has 6 heterocycles. The Balaban J connectivity index is 0.000000648. The van der Waals surface area contributed by atoms with Gasteiger partial charge in [-0.1, -0.05) is 30.3 Å². The average molecular weight is 906 g/mol. The van der Waals surface area contributed by atoms with E-state index in [0.29, 0.717) is 5.82 Å². The molecule has 0 aliphatic rings. The number of hydrogen-bond donors (Lipinski definition) is 0. The first-order valence-corrected chi connectivity index (χ1v) is 17.9. The predicted molar refractivity (Wildman–Crippen MR) is 175 cm³/mol. The van der Waals surface area contributed by atoms with Crippen molar-refractivity contribution >= 4 is 15.6 Å². The fraction of sp³-hybridized carbons (Fsp3) is 0.0690. The first-order chi connectivity index (χ1) is 24.1. The topological polar surface area (TPSA) is 132 Å². The molecule has 0 unspecified atom stereocenters. The van der Waals surface area contributed by atoms with Crippen LogP contribution in [0.1, 0.15) is 6.92 Å². The van der Waals surface area contributed by atoms with Crippen molar-refractivity contribution in [2.75, 3.05) is 0 Å². The van der Waals surface area contributed by atoms with Gasteiger partial charge in [-0.3, -0.25) is 24.9 Å². The Labute approximate surface area is 311 Å². The molecule has 25 heteroatoms. The molecule has 6 rings (SSSR count). The van der Waals surface area contributed by atoms with Crippen LogP contribution in [-0.2, 0) is 26.5 Å². The van der Waals surface area contributed by atoms with E-state index in [1.807, 2.05) is 91.0 Å². The van der Waals surface area contributed by atoms with Gasteiger partial charge in [-0.05, 0) is 65.9 Å². The van der Waals surface area contributed by atoms with Gasteiger partial charge < -0.3 is 0 Å². The van der Waals surface area contributed by atoms with E-state index in [1.165, 1.54) is 11.7 Å². The summed E-state index contributed by atoms with van der Waals surface area (Å²) in [5.74, 6) is 0.554. The van der Waals surface area contributed by atoms with Crippen molar-refractivity contribution in [1.82, 2.24) is 45.1 Å². The minimum absolute atomic E-state index is 0. The number of aromatic nitrogens is 9.